The molecule has 2 saturated heterocycles. The van der Waals surface area contributed by atoms with Crippen LogP contribution in [0, 0.1) is 0 Å². The summed E-state index contributed by atoms with van der Waals surface area (Å²) in [6, 6.07) is 10.1. The van der Waals surface area contributed by atoms with Crippen molar-refractivity contribution in [3.63, 3.8) is 0 Å². The number of aromatic nitrogens is 2. The minimum atomic E-state index is -3.46. The maximum atomic E-state index is 13.1. The maximum Gasteiger partial charge on any atom is 0.282 e. The van der Waals surface area contributed by atoms with Gasteiger partial charge in [-0.15, -0.1) is 0 Å². The van der Waals surface area contributed by atoms with Gasteiger partial charge in [0, 0.05) is 57.2 Å². The smallest absolute Gasteiger partial charge is 0.282 e. The fraction of sp³-hybridized carbons (Fsp3) is 0.500. The Hall–Kier alpha value is -1.74. The number of nitrogens with one attached hydrogen (secondary N) is 1. The van der Waals surface area contributed by atoms with Crippen LogP contribution in [-0.2, 0) is 23.3 Å². The number of hydrogen-bond donors (Lipinski definition) is 1. The number of benzene rings is 1. The molecule has 0 aliphatic carbocycles. The third kappa shape index (κ3) is 3.29. The van der Waals surface area contributed by atoms with Gasteiger partial charge in [-0.2, -0.15) is 17.0 Å². The van der Waals surface area contributed by atoms with Crippen molar-refractivity contribution in [1.82, 2.24) is 23.5 Å². The van der Waals surface area contributed by atoms with E-state index in [2.05, 4.69) is 14.9 Å². The van der Waals surface area contributed by atoms with Gasteiger partial charge in [0.25, 0.3) is 10.2 Å². The van der Waals surface area contributed by atoms with Gasteiger partial charge in [0.1, 0.15) is 0 Å². The van der Waals surface area contributed by atoms with Gasteiger partial charge in [-0.05, 0) is 18.4 Å². The lowest BCUT2D eigenvalue weighted by Gasteiger charge is -2.28. The second-order valence-corrected chi connectivity index (χ2v) is 9.11. The van der Waals surface area contributed by atoms with Gasteiger partial charge in [-0.25, -0.2) is 4.98 Å². The first-order valence-electron chi connectivity index (χ1n) is 9.04. The lowest BCUT2D eigenvalue weighted by atomic mass is 10.1. The molecule has 0 amide bonds. The van der Waals surface area contributed by atoms with Gasteiger partial charge in [-0.1, -0.05) is 30.3 Å². The average Bonchev–Trinajstić information content (AvgIpc) is 3.35. The summed E-state index contributed by atoms with van der Waals surface area (Å²) in [5, 5.41) is 0. The van der Waals surface area contributed by atoms with Gasteiger partial charge >= 0.3 is 0 Å². The van der Waals surface area contributed by atoms with Gasteiger partial charge in [0.15, 0.2) is 0 Å². The van der Waals surface area contributed by atoms with Crippen molar-refractivity contribution in [2.45, 2.75) is 38.0 Å². The summed E-state index contributed by atoms with van der Waals surface area (Å²) in [6.45, 7) is 2.71. The summed E-state index contributed by atoms with van der Waals surface area (Å²) in [6.07, 6.45) is 5.30. The molecule has 2 aliphatic rings. The molecule has 8 heteroatoms. The Kier molecular flexibility index (Phi) is 4.83. The largest absolute Gasteiger partial charge is 0.347 e. The molecule has 4 rings (SSSR count). The topological polar surface area (TPSA) is 72.5 Å². The summed E-state index contributed by atoms with van der Waals surface area (Å²) in [7, 11) is -1.78. The number of fused-ring (bicyclic) bond motifs is 1. The number of nitrogens with zero attached hydrogens (tertiary/aromatic N) is 4. The second kappa shape index (κ2) is 7.11. The van der Waals surface area contributed by atoms with E-state index in [1.165, 1.54) is 4.31 Å². The third-order valence-electron chi connectivity index (χ3n) is 5.51. The Morgan fingerprint density at radius 1 is 1.19 bits per heavy atom. The van der Waals surface area contributed by atoms with Crippen LogP contribution < -0.4 is 0 Å². The van der Waals surface area contributed by atoms with E-state index in [-0.39, 0.29) is 6.04 Å². The summed E-state index contributed by atoms with van der Waals surface area (Å²) < 4.78 is 29.4. The predicted octanol–water partition coefficient (Wildman–Crippen LogP) is 1.44. The van der Waals surface area contributed by atoms with Gasteiger partial charge < -0.3 is 4.98 Å². The van der Waals surface area contributed by atoms with Crippen molar-refractivity contribution in [2.24, 2.45) is 0 Å². The lowest BCUT2D eigenvalue weighted by Crippen LogP contribution is -2.45. The number of imidazole rings is 1. The quantitative estimate of drug-likeness (QED) is 0.829. The van der Waals surface area contributed by atoms with Crippen LogP contribution in [0.15, 0.2) is 42.9 Å². The number of likely N-dealkylation sites (tertiary alicyclic amines) is 1. The van der Waals surface area contributed by atoms with E-state index < -0.39 is 10.2 Å². The Morgan fingerprint density at radius 3 is 2.69 bits per heavy atom. The number of rotatable bonds is 6. The van der Waals surface area contributed by atoms with Crippen LogP contribution in [0.5, 0.6) is 0 Å². The molecule has 1 N–H and O–H groups in total. The van der Waals surface area contributed by atoms with Gasteiger partial charge in [0.2, 0.25) is 0 Å². The van der Waals surface area contributed by atoms with Gasteiger partial charge in [0.05, 0.1) is 6.33 Å². The van der Waals surface area contributed by atoms with Crippen LogP contribution >= 0.6 is 0 Å². The molecule has 1 aromatic carbocycles. The second-order valence-electron chi connectivity index (χ2n) is 7.12. The SMILES string of the molecule is CN(Cc1ccccc1)S(=O)(=O)N1CC[C@H]2[C@@H]1CCN2Cc1cnc[nH]1. The summed E-state index contributed by atoms with van der Waals surface area (Å²) in [5.41, 5.74) is 2.08. The van der Waals surface area contributed by atoms with Crippen LogP contribution in [0.4, 0.5) is 0 Å². The van der Waals surface area contributed by atoms with Crippen molar-refractivity contribution < 1.29 is 8.42 Å². The van der Waals surface area contributed by atoms with E-state index in [0.29, 0.717) is 19.1 Å². The van der Waals surface area contributed by atoms with Crippen molar-refractivity contribution in [1.29, 1.82) is 0 Å². The molecule has 7 nitrogen and oxygen atoms in total. The minimum absolute atomic E-state index is 0.0705. The molecule has 0 saturated carbocycles. The van der Waals surface area contributed by atoms with Gasteiger partial charge in [-0.3, -0.25) is 4.90 Å². The Morgan fingerprint density at radius 2 is 1.96 bits per heavy atom. The van der Waals surface area contributed by atoms with Crippen molar-refractivity contribution in [3.05, 3.63) is 54.1 Å². The van der Waals surface area contributed by atoms with E-state index in [1.54, 1.807) is 17.7 Å². The number of aromatic amines is 1. The van der Waals surface area contributed by atoms with Crippen LogP contribution in [0.3, 0.4) is 0 Å². The molecule has 1 aromatic heterocycles. The van der Waals surface area contributed by atoms with E-state index in [9.17, 15) is 8.42 Å². The summed E-state index contributed by atoms with van der Waals surface area (Å²) >= 11 is 0. The highest BCUT2D eigenvalue weighted by atomic mass is 32.2. The first kappa shape index (κ1) is 17.7. The molecule has 0 unspecified atom stereocenters. The zero-order valence-corrected chi connectivity index (χ0v) is 15.8. The first-order chi connectivity index (χ1) is 12.6. The molecule has 0 radical (unpaired) electrons. The zero-order valence-electron chi connectivity index (χ0n) is 15.0. The molecule has 3 heterocycles. The van der Waals surface area contributed by atoms with E-state index in [4.69, 9.17) is 0 Å². The molecule has 2 atom stereocenters. The molecular formula is C18H25N5O2S. The van der Waals surface area contributed by atoms with E-state index in [1.807, 2.05) is 36.5 Å². The van der Waals surface area contributed by atoms with Crippen LogP contribution in [0.1, 0.15) is 24.1 Å². The highest BCUT2D eigenvalue weighted by Gasteiger charge is 2.47. The Bertz CT molecular complexity index is 825. The monoisotopic (exact) mass is 375 g/mol. The van der Waals surface area contributed by atoms with Crippen molar-refractivity contribution in [2.75, 3.05) is 20.1 Å². The van der Waals surface area contributed by atoms with Crippen molar-refractivity contribution >= 4 is 10.2 Å². The Balaban J connectivity index is 1.45. The molecule has 2 aliphatic heterocycles. The molecule has 0 spiro atoms. The predicted molar refractivity (Wildman–Crippen MR) is 99.3 cm³/mol. The lowest BCUT2D eigenvalue weighted by molar-refractivity contribution is 0.236. The van der Waals surface area contributed by atoms with Crippen LogP contribution in [0.2, 0.25) is 0 Å². The fourth-order valence-electron chi connectivity index (χ4n) is 4.21. The summed E-state index contributed by atoms with van der Waals surface area (Å²) in [5.74, 6) is 0. The number of hydrogen-bond acceptors (Lipinski definition) is 4. The molecule has 0 bridgehead atoms. The van der Waals surface area contributed by atoms with E-state index in [0.717, 1.165) is 37.2 Å². The molecule has 2 fully saturated rings. The standard InChI is InChI=1S/C18H25N5O2S/c1-21(12-15-5-3-2-4-6-15)26(24,25)23-10-8-17-18(23)7-9-22(17)13-16-11-19-14-20-16/h2-6,11,14,17-18H,7-10,12-13H2,1H3,(H,19,20)/t17-,18-/m0/s1. The molecule has 140 valence electrons. The fourth-order valence-corrected chi connectivity index (χ4v) is 5.80. The summed E-state index contributed by atoms with van der Waals surface area (Å²) in [4.78, 5) is 9.59. The zero-order chi connectivity index (χ0) is 18.1. The van der Waals surface area contributed by atoms with E-state index >= 15 is 0 Å². The molecule has 2 aromatic rings. The average molecular weight is 375 g/mol. The molecular weight excluding hydrogens is 350 g/mol. The Labute approximate surface area is 154 Å². The highest BCUT2D eigenvalue weighted by Crippen LogP contribution is 2.35. The molecule has 26 heavy (non-hydrogen) atoms. The first-order valence-corrected chi connectivity index (χ1v) is 10.4. The number of H-pyrrole nitrogens is 1. The maximum absolute atomic E-state index is 13.1. The third-order valence-corrected chi connectivity index (χ3v) is 7.47. The highest BCUT2D eigenvalue weighted by molar-refractivity contribution is 7.86. The minimum Gasteiger partial charge on any atom is -0.347 e. The van der Waals surface area contributed by atoms with Crippen LogP contribution in [-0.4, -0.2) is 64.1 Å². The van der Waals surface area contributed by atoms with Crippen molar-refractivity contribution in [3.8, 4) is 0 Å². The van der Waals surface area contributed by atoms with Crippen LogP contribution in [0.25, 0.3) is 0 Å². The normalized spacial score (nSPS) is 24.4.